The Bertz CT molecular complexity index is 2430. The number of nitriles is 2. The summed E-state index contributed by atoms with van der Waals surface area (Å²) in [4.78, 5) is 7.68. The summed E-state index contributed by atoms with van der Waals surface area (Å²) in [6.45, 7) is 14.8. The van der Waals surface area contributed by atoms with E-state index >= 15 is 0 Å². The van der Waals surface area contributed by atoms with E-state index in [-0.39, 0.29) is 40.2 Å². The van der Waals surface area contributed by atoms with Gasteiger partial charge in [-0.25, -0.2) is 18.9 Å². The number of aromatic nitrogens is 3. The lowest BCUT2D eigenvalue weighted by Gasteiger charge is -2.29. The molecule has 2 aliphatic rings. The van der Waals surface area contributed by atoms with Crippen LogP contribution in [0.2, 0.25) is 5.02 Å². The zero-order chi connectivity index (χ0) is 49.3. The molecule has 0 spiro atoms. The van der Waals surface area contributed by atoms with Gasteiger partial charge in [-0.05, 0) is 63.6 Å². The molecule has 2 aromatic heterocycles. The van der Waals surface area contributed by atoms with Gasteiger partial charge in [0.2, 0.25) is 11.3 Å². The van der Waals surface area contributed by atoms with Crippen LogP contribution in [0.5, 0.6) is 11.5 Å². The van der Waals surface area contributed by atoms with E-state index < -0.39 is 56.8 Å². The summed E-state index contributed by atoms with van der Waals surface area (Å²) in [5.41, 5.74) is 6.10. The summed E-state index contributed by atoms with van der Waals surface area (Å²) < 4.78 is 66.1. The SMILES string of the molecule is [C-]#[N+]c1cc(C)cc(C#N)c1O[C@H](COCCCCCCCCCCCCCCCCCC)COP(=O)(OC[C@H]1O[C@@](C#N)(c2ccc3c(N)ncnn23)[C@@H]2OC(C)(C)O[C@@H]21)Oc1ccccc1Cl. The van der Waals surface area contributed by atoms with E-state index in [0.29, 0.717) is 23.4 Å². The van der Waals surface area contributed by atoms with E-state index in [1.54, 1.807) is 63.2 Å². The van der Waals surface area contributed by atoms with Crippen molar-refractivity contribution in [2.24, 2.45) is 0 Å². The third-order valence-electron chi connectivity index (χ3n) is 12.3. The van der Waals surface area contributed by atoms with Gasteiger partial charge in [0, 0.05) is 6.61 Å². The van der Waals surface area contributed by atoms with Crippen molar-refractivity contribution in [1.82, 2.24) is 14.6 Å². The van der Waals surface area contributed by atoms with Gasteiger partial charge < -0.3 is 33.9 Å². The monoisotopic (exact) mass is 987 g/mol. The zero-order valence-corrected chi connectivity index (χ0v) is 42.1. The molecule has 6 atom stereocenters. The Morgan fingerprint density at radius 3 is 2.22 bits per heavy atom. The molecule has 2 saturated heterocycles. The van der Waals surface area contributed by atoms with Gasteiger partial charge in [0.25, 0.3) is 0 Å². The minimum Gasteiger partial charge on any atom is -0.495 e. The molecule has 16 nitrogen and oxygen atoms in total. The summed E-state index contributed by atoms with van der Waals surface area (Å²) in [5, 5.41) is 25.4. The van der Waals surface area contributed by atoms with Crippen molar-refractivity contribution in [2.75, 3.05) is 32.2 Å². The number of phosphoric acid groups is 1. The summed E-state index contributed by atoms with van der Waals surface area (Å²) in [6.07, 6.45) is 17.4. The Kier molecular flexibility index (Phi) is 20.1. The zero-order valence-electron chi connectivity index (χ0n) is 40.4. The van der Waals surface area contributed by atoms with Crippen molar-refractivity contribution >= 4 is 36.4 Å². The highest BCUT2D eigenvalue weighted by molar-refractivity contribution is 7.49. The number of para-hydroxylation sites is 1. The van der Waals surface area contributed by atoms with Crippen molar-refractivity contribution in [3.63, 3.8) is 0 Å². The number of benzene rings is 2. The number of hydrogen-bond donors (Lipinski definition) is 1. The van der Waals surface area contributed by atoms with Crippen molar-refractivity contribution < 1.29 is 41.8 Å². The molecule has 0 aliphatic carbocycles. The smallest absolute Gasteiger partial charge is 0.495 e. The highest BCUT2D eigenvalue weighted by atomic mass is 35.5. The van der Waals surface area contributed by atoms with Crippen LogP contribution in [0, 0.1) is 36.2 Å². The lowest BCUT2D eigenvalue weighted by molar-refractivity contribution is -0.204. The largest absolute Gasteiger partial charge is 0.530 e. The Labute approximate surface area is 412 Å². The molecule has 6 rings (SSSR count). The van der Waals surface area contributed by atoms with Gasteiger partial charge in [0.15, 0.2) is 11.6 Å². The number of halogens is 1. The van der Waals surface area contributed by atoms with Crippen LogP contribution in [-0.4, -0.2) is 71.2 Å². The molecule has 2 fully saturated rings. The highest BCUT2D eigenvalue weighted by Crippen LogP contribution is 2.54. The van der Waals surface area contributed by atoms with E-state index in [1.807, 2.05) is 0 Å². The standard InChI is InChI=1S/C51H67ClN7O9P/c1-6-7-8-9-10-11-12-13-14-15-16-17-18-19-20-23-28-61-32-39(64-46-38(31-53)29-37(2)30-41(46)56-5)33-62-69(60,68-43-25-22-21-24-40(43)52)63-34-44-47-48(67-50(3,4)66-47)51(35-54,65-44)45-27-26-42-49(55)57-36-58-59(42)45/h21-22,24-27,29-30,36,39,44,47-48H,6-20,23,28,32-34H2,1-4H3,(H2,55,57,58)/t39-,44-,47-,48-,51+,69?/m1/s1. The first-order valence-electron chi connectivity index (χ1n) is 24.4. The van der Waals surface area contributed by atoms with Crippen molar-refractivity contribution in [3.8, 4) is 23.6 Å². The number of ether oxygens (including phenoxy) is 5. The van der Waals surface area contributed by atoms with Gasteiger partial charge in [-0.3, -0.25) is 9.05 Å². The Balaban J connectivity index is 1.10. The van der Waals surface area contributed by atoms with Gasteiger partial charge in [-0.1, -0.05) is 133 Å². The summed E-state index contributed by atoms with van der Waals surface area (Å²) in [5.74, 6) is -0.893. The van der Waals surface area contributed by atoms with Crippen molar-refractivity contribution in [2.45, 2.75) is 166 Å². The number of nitrogen functional groups attached to an aromatic ring is 1. The number of unbranched alkanes of at least 4 members (excludes halogenated alkanes) is 15. The number of nitrogens with zero attached hydrogens (tertiary/aromatic N) is 6. The second-order valence-electron chi connectivity index (χ2n) is 18.2. The maximum Gasteiger partial charge on any atom is 0.530 e. The first-order valence-corrected chi connectivity index (χ1v) is 26.2. The predicted molar refractivity (Wildman–Crippen MR) is 262 cm³/mol. The number of fused-ring (bicyclic) bond motifs is 2. The molecule has 4 heterocycles. The third-order valence-corrected chi connectivity index (χ3v) is 14.0. The Morgan fingerprint density at radius 2 is 1.58 bits per heavy atom. The van der Waals surface area contributed by atoms with Crippen LogP contribution >= 0.6 is 19.4 Å². The molecule has 4 aromatic rings. The van der Waals surface area contributed by atoms with E-state index in [0.717, 1.165) is 19.3 Å². The fourth-order valence-electron chi connectivity index (χ4n) is 8.83. The molecule has 0 amide bonds. The maximum absolute atomic E-state index is 14.9. The van der Waals surface area contributed by atoms with Gasteiger partial charge in [-0.2, -0.15) is 15.6 Å². The van der Waals surface area contributed by atoms with E-state index in [4.69, 9.17) is 61.2 Å². The molecular formula is C51H67ClN7O9P. The fourth-order valence-corrected chi connectivity index (χ4v) is 10.3. The average molecular weight is 989 g/mol. The summed E-state index contributed by atoms with van der Waals surface area (Å²) >= 11 is 6.49. The molecule has 0 radical (unpaired) electrons. The molecular weight excluding hydrogens is 921 g/mol. The van der Waals surface area contributed by atoms with Crippen LogP contribution in [-0.2, 0) is 38.2 Å². The molecule has 372 valence electrons. The Morgan fingerprint density at radius 1 is 0.913 bits per heavy atom. The van der Waals surface area contributed by atoms with Gasteiger partial charge in [0.05, 0.1) is 42.7 Å². The first-order chi connectivity index (χ1) is 33.4. The van der Waals surface area contributed by atoms with Crippen LogP contribution in [0.1, 0.15) is 140 Å². The van der Waals surface area contributed by atoms with Crippen molar-refractivity contribution in [1.29, 1.82) is 10.5 Å². The van der Waals surface area contributed by atoms with Crippen LogP contribution < -0.4 is 15.0 Å². The van der Waals surface area contributed by atoms with Crippen LogP contribution in [0.3, 0.4) is 0 Å². The quantitative estimate of drug-likeness (QED) is 0.0294. The van der Waals surface area contributed by atoms with Crippen LogP contribution in [0.15, 0.2) is 54.9 Å². The number of anilines is 1. The second-order valence-corrected chi connectivity index (χ2v) is 20.2. The number of nitrogens with two attached hydrogens (primary N) is 1. The molecule has 0 bridgehead atoms. The number of phosphoric ester groups is 1. The molecule has 1 unspecified atom stereocenters. The van der Waals surface area contributed by atoms with Gasteiger partial charge in [-0.15, -0.1) is 0 Å². The lowest BCUT2D eigenvalue weighted by atomic mass is 9.92. The van der Waals surface area contributed by atoms with E-state index in [1.165, 1.54) is 100 Å². The van der Waals surface area contributed by atoms with E-state index in [2.05, 4.69) is 34.0 Å². The highest BCUT2D eigenvalue weighted by Gasteiger charge is 2.65. The predicted octanol–water partition coefficient (Wildman–Crippen LogP) is 12.3. The fraction of sp³-hybridized carbons (Fsp3) is 0.588. The summed E-state index contributed by atoms with van der Waals surface area (Å²) in [6, 6.07) is 17.4. The third kappa shape index (κ3) is 14.4. The number of rotatable bonds is 30. The molecule has 2 aromatic carbocycles. The first kappa shape index (κ1) is 53.6. The maximum atomic E-state index is 14.9. The molecule has 2 N–H and O–H groups in total. The van der Waals surface area contributed by atoms with E-state index in [9.17, 15) is 15.1 Å². The second kappa shape index (κ2) is 25.9. The normalized spacial score (nSPS) is 20.7. The lowest BCUT2D eigenvalue weighted by Crippen LogP contribution is -2.40. The summed E-state index contributed by atoms with van der Waals surface area (Å²) in [7, 11) is -4.67. The number of aryl methyl sites for hydroxylation is 1. The molecule has 0 saturated carbocycles. The van der Waals surface area contributed by atoms with Crippen LogP contribution in [0.4, 0.5) is 11.5 Å². The number of hydrogen-bond acceptors (Lipinski definition) is 14. The molecule has 69 heavy (non-hydrogen) atoms. The molecule has 18 heteroatoms. The van der Waals surface area contributed by atoms with Gasteiger partial charge >= 0.3 is 7.82 Å². The minimum atomic E-state index is -4.67. The molecule has 2 aliphatic heterocycles. The van der Waals surface area contributed by atoms with Crippen LogP contribution in [0.25, 0.3) is 10.4 Å². The Hall–Kier alpha value is -4.79. The topological polar surface area (TPSA) is 199 Å². The van der Waals surface area contributed by atoms with Crippen molar-refractivity contribution in [3.05, 3.63) is 88.1 Å². The average Bonchev–Trinajstić information content (AvgIpc) is 4.01. The minimum absolute atomic E-state index is 0.00964. The van der Waals surface area contributed by atoms with Gasteiger partial charge in [0.1, 0.15) is 59.9 Å².